The summed E-state index contributed by atoms with van der Waals surface area (Å²) >= 11 is 7.49. The van der Waals surface area contributed by atoms with Crippen molar-refractivity contribution < 1.29 is 4.79 Å². The van der Waals surface area contributed by atoms with Gasteiger partial charge in [-0.25, -0.2) is 0 Å². The van der Waals surface area contributed by atoms with Crippen molar-refractivity contribution in [3.63, 3.8) is 0 Å². The molecule has 0 aromatic heterocycles. The van der Waals surface area contributed by atoms with Gasteiger partial charge in [0.2, 0.25) is 5.91 Å². The highest BCUT2D eigenvalue weighted by Crippen LogP contribution is 2.18. The zero-order valence-electron chi connectivity index (χ0n) is 11.7. The normalized spacial score (nSPS) is 16.1. The van der Waals surface area contributed by atoms with E-state index in [-0.39, 0.29) is 5.91 Å². The molecule has 20 heavy (non-hydrogen) atoms. The fourth-order valence-corrected chi connectivity index (χ4v) is 3.53. The summed E-state index contributed by atoms with van der Waals surface area (Å²) in [6.45, 7) is 0. The van der Waals surface area contributed by atoms with E-state index in [1.165, 1.54) is 24.8 Å². The molecule has 4 heteroatoms. The minimum Gasteiger partial charge on any atom is -0.353 e. The number of hydrogen-bond acceptors (Lipinski definition) is 2. The van der Waals surface area contributed by atoms with Gasteiger partial charge in [0.1, 0.15) is 0 Å². The van der Waals surface area contributed by atoms with Crippen molar-refractivity contribution >= 4 is 29.3 Å². The topological polar surface area (TPSA) is 29.1 Å². The van der Waals surface area contributed by atoms with Crippen LogP contribution < -0.4 is 5.32 Å². The molecule has 1 fully saturated rings. The highest BCUT2D eigenvalue weighted by molar-refractivity contribution is 7.99. The minimum atomic E-state index is 0.176. The number of carbonyl (C=O) groups excluding carboxylic acids is 1. The fourth-order valence-electron chi connectivity index (χ4n) is 2.58. The van der Waals surface area contributed by atoms with Gasteiger partial charge in [-0.1, -0.05) is 43.5 Å². The number of thioether (sulfide) groups is 1. The number of nitrogens with one attached hydrogen (secondary N) is 1. The molecule has 1 saturated carbocycles. The van der Waals surface area contributed by atoms with Crippen molar-refractivity contribution in [1.29, 1.82) is 0 Å². The molecule has 0 aliphatic heterocycles. The summed E-state index contributed by atoms with van der Waals surface area (Å²) in [4.78, 5) is 11.9. The van der Waals surface area contributed by atoms with E-state index in [1.807, 2.05) is 12.1 Å². The van der Waals surface area contributed by atoms with E-state index in [0.717, 1.165) is 24.2 Å². The lowest BCUT2D eigenvalue weighted by Gasteiger charge is -2.22. The van der Waals surface area contributed by atoms with E-state index in [2.05, 4.69) is 17.4 Å². The molecular weight excluding hydrogens is 290 g/mol. The van der Waals surface area contributed by atoms with Crippen LogP contribution in [-0.2, 0) is 16.4 Å². The summed E-state index contributed by atoms with van der Waals surface area (Å²) in [5.41, 5.74) is 2.37. The van der Waals surface area contributed by atoms with E-state index < -0.39 is 0 Å². The molecule has 0 radical (unpaired) electrons. The number of benzene rings is 1. The van der Waals surface area contributed by atoms with Crippen molar-refractivity contribution in [3.8, 4) is 0 Å². The quantitative estimate of drug-likeness (QED) is 0.801. The number of rotatable bonds is 6. The SMILES string of the molecule is O=C(CSCc1cccc(CCl)c1)NC1CCCCC1. The zero-order chi connectivity index (χ0) is 14.2. The highest BCUT2D eigenvalue weighted by atomic mass is 35.5. The summed E-state index contributed by atoms with van der Waals surface area (Å²) in [7, 11) is 0. The predicted octanol–water partition coefficient (Wildman–Crippen LogP) is 4.11. The standard InChI is InChI=1S/C16H22ClNOS/c17-10-13-5-4-6-14(9-13)11-20-12-16(19)18-15-7-2-1-3-8-15/h4-6,9,15H,1-3,7-8,10-12H2,(H,18,19). The van der Waals surface area contributed by atoms with Gasteiger partial charge < -0.3 is 5.32 Å². The van der Waals surface area contributed by atoms with Crippen LogP contribution in [-0.4, -0.2) is 17.7 Å². The minimum absolute atomic E-state index is 0.176. The third kappa shape index (κ3) is 5.37. The molecular formula is C16H22ClNOS. The average molecular weight is 312 g/mol. The molecule has 1 aromatic rings. The Morgan fingerprint density at radius 3 is 2.75 bits per heavy atom. The molecule has 1 aromatic carbocycles. The zero-order valence-corrected chi connectivity index (χ0v) is 13.3. The summed E-state index contributed by atoms with van der Waals surface area (Å²) in [6.07, 6.45) is 6.12. The van der Waals surface area contributed by atoms with Gasteiger partial charge in [0, 0.05) is 17.7 Å². The van der Waals surface area contributed by atoms with E-state index in [1.54, 1.807) is 11.8 Å². The average Bonchev–Trinajstić information content (AvgIpc) is 2.48. The summed E-state index contributed by atoms with van der Waals surface area (Å²) in [5.74, 6) is 2.13. The molecule has 2 rings (SSSR count). The van der Waals surface area contributed by atoms with Crippen LogP contribution in [0.3, 0.4) is 0 Å². The van der Waals surface area contributed by atoms with Crippen molar-refractivity contribution in [2.75, 3.05) is 5.75 Å². The molecule has 2 nitrogen and oxygen atoms in total. The van der Waals surface area contributed by atoms with E-state index >= 15 is 0 Å². The molecule has 110 valence electrons. The first kappa shape index (κ1) is 15.7. The maximum atomic E-state index is 11.9. The van der Waals surface area contributed by atoms with Crippen LogP contribution in [0.25, 0.3) is 0 Å². The van der Waals surface area contributed by atoms with Gasteiger partial charge in [0.25, 0.3) is 0 Å². The highest BCUT2D eigenvalue weighted by Gasteiger charge is 2.15. The monoisotopic (exact) mass is 311 g/mol. The third-order valence-electron chi connectivity index (χ3n) is 3.62. The van der Waals surface area contributed by atoms with Gasteiger partial charge in [0.15, 0.2) is 0 Å². The van der Waals surface area contributed by atoms with Crippen LogP contribution in [0.5, 0.6) is 0 Å². The molecule has 0 atom stereocenters. The first-order chi connectivity index (χ1) is 9.78. The van der Waals surface area contributed by atoms with Gasteiger partial charge in [-0.15, -0.1) is 23.4 Å². The fraction of sp³-hybridized carbons (Fsp3) is 0.562. The second-order valence-corrected chi connectivity index (χ2v) is 6.60. The van der Waals surface area contributed by atoms with Crippen LogP contribution in [0, 0.1) is 0 Å². The molecule has 1 aliphatic rings. The van der Waals surface area contributed by atoms with Crippen molar-refractivity contribution in [1.82, 2.24) is 5.32 Å². The second-order valence-electron chi connectivity index (χ2n) is 5.35. The molecule has 0 saturated heterocycles. The Morgan fingerprint density at radius 2 is 2.00 bits per heavy atom. The molecule has 0 spiro atoms. The van der Waals surface area contributed by atoms with Gasteiger partial charge in [-0.2, -0.15) is 0 Å². The number of hydrogen-bond donors (Lipinski definition) is 1. The lowest BCUT2D eigenvalue weighted by atomic mass is 9.95. The number of amides is 1. The van der Waals surface area contributed by atoms with Crippen molar-refractivity contribution in [2.24, 2.45) is 0 Å². The molecule has 0 bridgehead atoms. The predicted molar refractivity (Wildman–Crippen MR) is 87.2 cm³/mol. The Balaban J connectivity index is 1.67. The van der Waals surface area contributed by atoms with Crippen LogP contribution in [0.2, 0.25) is 0 Å². The molecule has 1 aliphatic carbocycles. The Labute approximate surface area is 130 Å². The lowest BCUT2D eigenvalue weighted by Crippen LogP contribution is -2.37. The molecule has 0 heterocycles. The van der Waals surface area contributed by atoms with Crippen molar-refractivity contribution in [2.45, 2.75) is 49.8 Å². The number of alkyl halides is 1. The van der Waals surface area contributed by atoms with E-state index in [0.29, 0.717) is 17.7 Å². The van der Waals surface area contributed by atoms with Gasteiger partial charge in [-0.3, -0.25) is 4.79 Å². The van der Waals surface area contributed by atoms with Crippen LogP contribution >= 0.6 is 23.4 Å². The van der Waals surface area contributed by atoms with Crippen molar-refractivity contribution in [3.05, 3.63) is 35.4 Å². The summed E-state index contributed by atoms with van der Waals surface area (Å²) < 4.78 is 0. The summed E-state index contributed by atoms with van der Waals surface area (Å²) in [6, 6.07) is 8.66. The second kappa shape index (κ2) is 8.58. The molecule has 1 amide bonds. The van der Waals surface area contributed by atoms with Gasteiger partial charge >= 0.3 is 0 Å². The smallest absolute Gasteiger partial charge is 0.230 e. The maximum absolute atomic E-state index is 11.9. The largest absolute Gasteiger partial charge is 0.353 e. The summed E-state index contributed by atoms with van der Waals surface area (Å²) in [5, 5.41) is 3.15. The van der Waals surface area contributed by atoms with E-state index in [4.69, 9.17) is 11.6 Å². The maximum Gasteiger partial charge on any atom is 0.230 e. The van der Waals surface area contributed by atoms with Gasteiger partial charge in [-0.05, 0) is 24.0 Å². The molecule has 0 unspecified atom stereocenters. The van der Waals surface area contributed by atoms with Crippen LogP contribution in [0.15, 0.2) is 24.3 Å². The first-order valence-electron chi connectivity index (χ1n) is 7.29. The Hall–Kier alpha value is -0.670. The first-order valence-corrected chi connectivity index (χ1v) is 8.98. The van der Waals surface area contributed by atoms with Crippen LogP contribution in [0.4, 0.5) is 0 Å². The Bertz CT molecular complexity index is 432. The Kier molecular flexibility index (Phi) is 6.74. The number of halogens is 1. The number of carbonyl (C=O) groups is 1. The van der Waals surface area contributed by atoms with Gasteiger partial charge in [0.05, 0.1) is 5.75 Å². The third-order valence-corrected chi connectivity index (χ3v) is 4.93. The Morgan fingerprint density at radius 1 is 1.25 bits per heavy atom. The molecule has 1 N–H and O–H groups in total. The van der Waals surface area contributed by atoms with E-state index in [9.17, 15) is 4.79 Å². The van der Waals surface area contributed by atoms with Crippen LogP contribution in [0.1, 0.15) is 43.2 Å². The lowest BCUT2D eigenvalue weighted by molar-refractivity contribution is -0.119.